The quantitative estimate of drug-likeness (QED) is 0.175. The van der Waals surface area contributed by atoms with E-state index in [9.17, 15) is 9.59 Å². The van der Waals surface area contributed by atoms with E-state index in [2.05, 4.69) is 0 Å². The number of hydrogen-bond donors (Lipinski definition) is 0. The van der Waals surface area contributed by atoms with Gasteiger partial charge in [0.25, 0.3) is 0 Å². The molecule has 0 aliphatic heterocycles. The molecule has 2 aromatic heterocycles. The van der Waals surface area contributed by atoms with E-state index in [0.717, 1.165) is 44.5 Å². The lowest BCUT2D eigenvalue weighted by atomic mass is 9.93. The number of rotatable bonds is 6. The SMILES string of the molecule is O=c1oc(-c2ccc(-c3nc4cc(-c5ccccc5)c(-c5ccccc5)cc4c(=O)o3)cc2)nc2cc(-c3ccccc3)c(-c3ccccc3)cc12. The zero-order chi connectivity index (χ0) is 35.0. The number of nitrogens with zero attached hydrogens (tertiary/aromatic N) is 2. The molecule has 0 atom stereocenters. The minimum atomic E-state index is -0.479. The van der Waals surface area contributed by atoms with Crippen LogP contribution in [-0.4, -0.2) is 9.97 Å². The van der Waals surface area contributed by atoms with Crippen molar-refractivity contribution in [3.05, 3.63) is 191 Å². The largest absolute Gasteiger partial charge is 0.403 e. The van der Waals surface area contributed by atoms with Gasteiger partial charge in [-0.25, -0.2) is 19.6 Å². The molecule has 2 heterocycles. The van der Waals surface area contributed by atoms with Crippen molar-refractivity contribution in [1.29, 1.82) is 0 Å². The van der Waals surface area contributed by atoms with Crippen LogP contribution in [0.5, 0.6) is 0 Å². The fraction of sp³-hybridized carbons (Fsp3) is 0. The highest BCUT2D eigenvalue weighted by atomic mass is 16.4. The first-order valence-electron chi connectivity index (χ1n) is 16.9. The first-order valence-corrected chi connectivity index (χ1v) is 16.9. The van der Waals surface area contributed by atoms with Gasteiger partial charge in [-0.15, -0.1) is 0 Å². The van der Waals surface area contributed by atoms with Crippen molar-refractivity contribution in [2.24, 2.45) is 0 Å². The van der Waals surface area contributed by atoms with Crippen LogP contribution in [0.3, 0.4) is 0 Å². The van der Waals surface area contributed by atoms with Crippen LogP contribution in [0.25, 0.3) is 89.2 Å². The van der Waals surface area contributed by atoms with Crippen LogP contribution in [0.2, 0.25) is 0 Å². The predicted octanol–water partition coefficient (Wildman–Crippen LogP) is 10.7. The monoisotopic (exact) mass is 672 g/mol. The van der Waals surface area contributed by atoms with Gasteiger partial charge in [-0.1, -0.05) is 121 Å². The number of benzene rings is 7. The highest BCUT2D eigenvalue weighted by Crippen LogP contribution is 2.37. The smallest absolute Gasteiger partial charge is 0.347 e. The van der Waals surface area contributed by atoms with Crippen molar-refractivity contribution >= 4 is 21.8 Å². The molecule has 0 N–H and O–H groups in total. The van der Waals surface area contributed by atoms with Crippen molar-refractivity contribution in [3.63, 3.8) is 0 Å². The molecule has 0 radical (unpaired) electrons. The minimum Gasteiger partial charge on any atom is -0.403 e. The summed E-state index contributed by atoms with van der Waals surface area (Å²) in [7, 11) is 0. The van der Waals surface area contributed by atoms with Gasteiger partial charge in [0.15, 0.2) is 0 Å². The predicted molar refractivity (Wildman–Crippen MR) is 207 cm³/mol. The molecule has 0 bridgehead atoms. The molecule has 0 unspecified atom stereocenters. The summed E-state index contributed by atoms with van der Waals surface area (Å²) in [4.78, 5) is 36.5. The van der Waals surface area contributed by atoms with Crippen molar-refractivity contribution in [1.82, 2.24) is 9.97 Å². The lowest BCUT2D eigenvalue weighted by Gasteiger charge is -2.13. The number of hydrogen-bond acceptors (Lipinski definition) is 6. The van der Waals surface area contributed by atoms with E-state index in [4.69, 9.17) is 18.8 Å². The third kappa shape index (κ3) is 5.68. The van der Waals surface area contributed by atoms with Gasteiger partial charge in [-0.05, 0) is 93.0 Å². The van der Waals surface area contributed by atoms with Crippen LogP contribution >= 0.6 is 0 Å². The Balaban J connectivity index is 1.11. The molecule has 0 aliphatic rings. The summed E-state index contributed by atoms with van der Waals surface area (Å²) in [6.45, 7) is 0. The fourth-order valence-corrected chi connectivity index (χ4v) is 6.67. The van der Waals surface area contributed by atoms with Crippen LogP contribution in [0.4, 0.5) is 0 Å². The van der Waals surface area contributed by atoms with Crippen LogP contribution in [-0.2, 0) is 0 Å². The molecule has 9 aromatic rings. The Kier molecular flexibility index (Phi) is 7.67. The van der Waals surface area contributed by atoms with Crippen molar-refractivity contribution in [2.75, 3.05) is 0 Å². The van der Waals surface area contributed by atoms with E-state index >= 15 is 0 Å². The molecule has 246 valence electrons. The van der Waals surface area contributed by atoms with Gasteiger partial charge in [-0.3, -0.25) is 0 Å². The summed E-state index contributed by atoms with van der Waals surface area (Å²) in [6, 6.07) is 54.8. The standard InChI is InChI=1S/C46H28N2O4/c49-45-39-25-35(29-13-5-1-6-14-29)37(31-17-9-3-10-18-31)27-41(39)47-43(51-45)33-21-23-34(24-22-33)44-48-42-28-38(32-19-11-4-12-20-32)36(26-40(42)46(50)52-44)30-15-7-2-8-16-30/h1-28H. The molecule has 9 rings (SSSR count). The molecular formula is C46H28N2O4. The van der Waals surface area contributed by atoms with Gasteiger partial charge in [0.2, 0.25) is 11.8 Å². The molecule has 0 amide bonds. The van der Waals surface area contributed by atoms with Crippen molar-refractivity contribution in [2.45, 2.75) is 0 Å². The van der Waals surface area contributed by atoms with Gasteiger partial charge >= 0.3 is 11.3 Å². The Bertz CT molecular complexity index is 2650. The molecular weight excluding hydrogens is 645 g/mol. The zero-order valence-corrected chi connectivity index (χ0v) is 27.7. The van der Waals surface area contributed by atoms with Crippen molar-refractivity contribution in [3.8, 4) is 67.4 Å². The molecule has 0 aliphatic carbocycles. The minimum absolute atomic E-state index is 0.185. The fourth-order valence-electron chi connectivity index (χ4n) is 6.67. The topological polar surface area (TPSA) is 86.2 Å². The highest BCUT2D eigenvalue weighted by Gasteiger charge is 2.18. The van der Waals surface area contributed by atoms with E-state index in [0.29, 0.717) is 32.9 Å². The normalized spacial score (nSPS) is 11.2. The zero-order valence-electron chi connectivity index (χ0n) is 27.7. The van der Waals surface area contributed by atoms with Gasteiger partial charge in [0.1, 0.15) is 0 Å². The van der Waals surface area contributed by atoms with Crippen LogP contribution in [0, 0.1) is 0 Å². The number of fused-ring (bicyclic) bond motifs is 2. The summed E-state index contributed by atoms with van der Waals surface area (Å²) < 4.78 is 11.6. The van der Waals surface area contributed by atoms with E-state index in [-0.39, 0.29) is 11.8 Å². The van der Waals surface area contributed by atoms with Gasteiger partial charge < -0.3 is 8.83 Å². The van der Waals surface area contributed by atoms with Gasteiger partial charge in [-0.2, -0.15) is 0 Å². The second-order valence-corrected chi connectivity index (χ2v) is 12.5. The maximum Gasteiger partial charge on any atom is 0.347 e. The molecule has 0 saturated heterocycles. The van der Waals surface area contributed by atoms with Gasteiger partial charge in [0.05, 0.1) is 21.8 Å². The van der Waals surface area contributed by atoms with E-state index < -0.39 is 11.3 Å². The Morgan fingerprint density at radius 2 is 0.615 bits per heavy atom. The summed E-state index contributed by atoms with van der Waals surface area (Å²) in [6.07, 6.45) is 0. The number of aromatic nitrogens is 2. The van der Waals surface area contributed by atoms with E-state index in [1.165, 1.54) is 0 Å². The molecule has 0 saturated carbocycles. The summed E-state index contributed by atoms with van der Waals surface area (Å²) in [5.41, 5.74) is 9.06. The molecule has 0 spiro atoms. The maximum atomic E-state index is 13.4. The Morgan fingerprint density at radius 1 is 0.327 bits per heavy atom. The van der Waals surface area contributed by atoms with Crippen molar-refractivity contribution < 1.29 is 8.83 Å². The van der Waals surface area contributed by atoms with E-state index in [1.807, 2.05) is 146 Å². The summed E-state index contributed by atoms with van der Waals surface area (Å²) in [5, 5.41) is 0.790. The maximum absolute atomic E-state index is 13.4. The highest BCUT2D eigenvalue weighted by molar-refractivity contribution is 5.96. The first kappa shape index (κ1) is 30.8. The average molecular weight is 673 g/mol. The first-order chi connectivity index (χ1) is 25.6. The second-order valence-electron chi connectivity index (χ2n) is 12.5. The summed E-state index contributed by atoms with van der Waals surface area (Å²) in [5.74, 6) is 0.369. The molecule has 6 nitrogen and oxygen atoms in total. The van der Waals surface area contributed by atoms with E-state index in [1.54, 1.807) is 24.3 Å². The Labute approximate surface area is 298 Å². The van der Waals surface area contributed by atoms with Gasteiger partial charge in [0, 0.05) is 11.1 Å². The van der Waals surface area contributed by atoms with Crippen LogP contribution in [0.1, 0.15) is 0 Å². The Morgan fingerprint density at radius 3 is 0.923 bits per heavy atom. The molecule has 6 heteroatoms. The molecule has 7 aromatic carbocycles. The Hall–Kier alpha value is -7.18. The summed E-state index contributed by atoms with van der Waals surface area (Å²) >= 11 is 0. The second kappa shape index (κ2) is 12.9. The lowest BCUT2D eigenvalue weighted by Crippen LogP contribution is -2.05. The average Bonchev–Trinajstić information content (AvgIpc) is 3.21. The molecule has 0 fully saturated rings. The van der Waals surface area contributed by atoms with Crippen LogP contribution in [0.15, 0.2) is 188 Å². The third-order valence-corrected chi connectivity index (χ3v) is 9.25. The lowest BCUT2D eigenvalue weighted by molar-refractivity contribution is 0.516. The molecule has 52 heavy (non-hydrogen) atoms. The van der Waals surface area contributed by atoms with Crippen LogP contribution < -0.4 is 11.3 Å². The third-order valence-electron chi connectivity index (χ3n) is 9.25.